The van der Waals surface area contributed by atoms with Gasteiger partial charge in [0.1, 0.15) is 17.2 Å². The maximum absolute atomic E-state index is 12.2. The van der Waals surface area contributed by atoms with E-state index in [0.717, 1.165) is 0 Å². The smallest absolute Gasteiger partial charge is 0.329 e. The van der Waals surface area contributed by atoms with Gasteiger partial charge in [0.25, 0.3) is 0 Å². The number of amides is 3. The molecule has 2 aromatic rings. The number of methoxy groups -OCH3 is 3. The minimum absolute atomic E-state index is 0.131. The van der Waals surface area contributed by atoms with Crippen molar-refractivity contribution in [3.63, 3.8) is 0 Å². The van der Waals surface area contributed by atoms with Crippen molar-refractivity contribution in [1.82, 2.24) is 5.43 Å². The molecule has 0 aliphatic carbocycles. The van der Waals surface area contributed by atoms with E-state index in [1.165, 1.54) is 46.5 Å². The van der Waals surface area contributed by atoms with Gasteiger partial charge in [-0.05, 0) is 25.1 Å². The average Bonchev–Trinajstić information content (AvgIpc) is 2.78. The second-order valence-corrected chi connectivity index (χ2v) is 7.32. The molecule has 176 valence electrons. The van der Waals surface area contributed by atoms with Gasteiger partial charge in [0.2, 0.25) is 5.91 Å². The van der Waals surface area contributed by atoms with Gasteiger partial charge in [-0.2, -0.15) is 5.10 Å². The number of anilines is 2. The Kier molecular flexibility index (Phi) is 9.31. The van der Waals surface area contributed by atoms with Crippen LogP contribution in [0.1, 0.15) is 13.3 Å². The lowest BCUT2D eigenvalue weighted by Crippen LogP contribution is -2.33. The summed E-state index contributed by atoms with van der Waals surface area (Å²) in [6.07, 6.45) is -0.131. The zero-order valence-electron chi connectivity index (χ0n) is 18.2. The van der Waals surface area contributed by atoms with Crippen LogP contribution in [0.5, 0.6) is 17.2 Å². The molecule has 3 amide bonds. The first-order valence-corrected chi connectivity index (χ1v) is 10.1. The van der Waals surface area contributed by atoms with Gasteiger partial charge in [0.15, 0.2) is 0 Å². The Morgan fingerprint density at radius 2 is 1.48 bits per heavy atom. The molecule has 0 aromatic heterocycles. The molecule has 0 fully saturated rings. The summed E-state index contributed by atoms with van der Waals surface area (Å²) in [5, 5.41) is 9.43. The van der Waals surface area contributed by atoms with Gasteiger partial charge < -0.3 is 24.8 Å². The van der Waals surface area contributed by atoms with Crippen molar-refractivity contribution in [3.05, 3.63) is 40.4 Å². The predicted molar refractivity (Wildman–Crippen MR) is 126 cm³/mol. The van der Waals surface area contributed by atoms with Gasteiger partial charge in [-0.25, -0.2) is 5.43 Å². The third kappa shape index (κ3) is 7.26. The maximum Gasteiger partial charge on any atom is 0.329 e. The lowest BCUT2D eigenvalue weighted by molar-refractivity contribution is -0.136. The van der Waals surface area contributed by atoms with Gasteiger partial charge in [0.05, 0.1) is 43.5 Å². The molecule has 3 N–H and O–H groups in total. The minimum atomic E-state index is -1.05. The highest BCUT2D eigenvalue weighted by Crippen LogP contribution is 2.35. The van der Waals surface area contributed by atoms with E-state index in [4.69, 9.17) is 37.4 Å². The molecule has 2 rings (SSSR count). The molecule has 0 spiro atoms. The standard InChI is InChI=1S/C21H22Cl2N4O6/c1-11(7-19(28)24-12-5-6-16(31-2)13(22)8-12)26-27-21(30)20(29)25-15-10-17(32-3)14(23)9-18(15)33-4/h5-6,8-10H,7H2,1-4H3,(H,24,28)(H,25,29)(H,27,30)/b26-11-. The first-order chi connectivity index (χ1) is 15.7. The number of nitrogens with zero attached hydrogens (tertiary/aromatic N) is 1. The molecule has 2 aromatic carbocycles. The number of hydrogen-bond acceptors (Lipinski definition) is 7. The summed E-state index contributed by atoms with van der Waals surface area (Å²) in [4.78, 5) is 36.5. The van der Waals surface area contributed by atoms with Crippen molar-refractivity contribution in [1.29, 1.82) is 0 Å². The molecule has 10 nitrogen and oxygen atoms in total. The van der Waals surface area contributed by atoms with Gasteiger partial charge >= 0.3 is 11.8 Å². The molecule has 0 saturated heterocycles. The first kappa shape index (κ1) is 25.8. The van der Waals surface area contributed by atoms with Gasteiger partial charge in [-0.15, -0.1) is 0 Å². The number of benzene rings is 2. The molecule has 0 saturated carbocycles. The van der Waals surface area contributed by atoms with Crippen LogP contribution in [0, 0.1) is 0 Å². The predicted octanol–water partition coefficient (Wildman–Crippen LogP) is 3.48. The summed E-state index contributed by atoms with van der Waals surface area (Å²) in [6.45, 7) is 1.52. The van der Waals surface area contributed by atoms with E-state index in [9.17, 15) is 14.4 Å². The third-order valence-electron chi connectivity index (χ3n) is 4.13. The normalized spacial score (nSPS) is 10.8. The van der Waals surface area contributed by atoms with Crippen molar-refractivity contribution in [2.45, 2.75) is 13.3 Å². The zero-order chi connectivity index (χ0) is 24.5. The number of rotatable bonds is 8. The monoisotopic (exact) mass is 496 g/mol. The van der Waals surface area contributed by atoms with Crippen molar-refractivity contribution in [3.8, 4) is 17.2 Å². The minimum Gasteiger partial charge on any atom is -0.495 e. The number of carbonyl (C=O) groups excluding carboxylic acids is 3. The fourth-order valence-electron chi connectivity index (χ4n) is 2.56. The Hall–Kier alpha value is -3.50. The average molecular weight is 497 g/mol. The van der Waals surface area contributed by atoms with Crippen LogP contribution in [0.3, 0.4) is 0 Å². The fraction of sp³-hybridized carbons (Fsp3) is 0.238. The Labute approximate surface area is 200 Å². The summed E-state index contributed by atoms with van der Waals surface area (Å²) in [7, 11) is 4.27. The molecule has 0 bridgehead atoms. The van der Waals surface area contributed by atoms with Crippen molar-refractivity contribution in [2.24, 2.45) is 5.10 Å². The Bertz CT molecular complexity index is 1090. The highest BCUT2D eigenvalue weighted by molar-refractivity contribution is 6.40. The largest absolute Gasteiger partial charge is 0.495 e. The molecule has 0 unspecified atom stereocenters. The number of halogens is 2. The number of hydrazone groups is 1. The second-order valence-electron chi connectivity index (χ2n) is 6.50. The van der Waals surface area contributed by atoms with Crippen molar-refractivity contribution >= 4 is 58.0 Å². The quantitative estimate of drug-likeness (QED) is 0.291. The van der Waals surface area contributed by atoms with Crippen LogP contribution in [0.25, 0.3) is 0 Å². The lowest BCUT2D eigenvalue weighted by atomic mass is 10.2. The molecular weight excluding hydrogens is 475 g/mol. The molecule has 0 atom stereocenters. The van der Waals surface area contributed by atoms with E-state index in [2.05, 4.69) is 21.2 Å². The summed E-state index contributed by atoms with van der Waals surface area (Å²) in [6, 6.07) is 7.63. The SMILES string of the molecule is COc1ccc(NC(=O)C/C(C)=N\NC(=O)C(=O)Nc2cc(OC)c(Cl)cc2OC)cc1Cl. The summed E-state index contributed by atoms with van der Waals surface area (Å²) in [5.74, 6) is -1.46. The van der Waals surface area contributed by atoms with E-state index in [1.807, 2.05) is 0 Å². The zero-order valence-corrected chi connectivity index (χ0v) is 19.8. The number of nitrogens with one attached hydrogen (secondary N) is 3. The van der Waals surface area contributed by atoms with E-state index in [1.54, 1.807) is 12.1 Å². The Morgan fingerprint density at radius 1 is 0.848 bits per heavy atom. The van der Waals surface area contributed by atoms with E-state index in [0.29, 0.717) is 16.5 Å². The van der Waals surface area contributed by atoms with Crippen LogP contribution in [-0.4, -0.2) is 44.8 Å². The van der Waals surface area contributed by atoms with Crippen LogP contribution < -0.4 is 30.3 Å². The number of hydrogen-bond donors (Lipinski definition) is 3. The summed E-state index contributed by atoms with van der Waals surface area (Å²) >= 11 is 12.0. The molecule has 0 radical (unpaired) electrons. The molecule has 0 heterocycles. The van der Waals surface area contributed by atoms with Crippen LogP contribution in [0.15, 0.2) is 35.4 Å². The van der Waals surface area contributed by atoms with Crippen LogP contribution in [0.2, 0.25) is 10.0 Å². The Morgan fingerprint density at radius 3 is 2.09 bits per heavy atom. The molecule has 0 aliphatic rings. The summed E-state index contributed by atoms with van der Waals surface area (Å²) < 4.78 is 15.3. The van der Waals surface area contributed by atoms with Crippen LogP contribution in [0.4, 0.5) is 11.4 Å². The van der Waals surface area contributed by atoms with Gasteiger partial charge in [-0.1, -0.05) is 23.2 Å². The molecule has 12 heteroatoms. The van der Waals surface area contributed by atoms with Crippen molar-refractivity contribution < 1.29 is 28.6 Å². The first-order valence-electron chi connectivity index (χ1n) is 9.37. The second kappa shape index (κ2) is 11.9. The van der Waals surface area contributed by atoms with E-state index in [-0.39, 0.29) is 34.3 Å². The van der Waals surface area contributed by atoms with Gasteiger partial charge in [-0.3, -0.25) is 14.4 Å². The lowest BCUT2D eigenvalue weighted by Gasteiger charge is -2.12. The van der Waals surface area contributed by atoms with Crippen molar-refractivity contribution in [2.75, 3.05) is 32.0 Å². The highest BCUT2D eigenvalue weighted by atomic mass is 35.5. The number of ether oxygens (including phenoxy) is 3. The van der Waals surface area contributed by atoms with E-state index >= 15 is 0 Å². The van der Waals surface area contributed by atoms with Crippen LogP contribution in [-0.2, 0) is 14.4 Å². The third-order valence-corrected chi connectivity index (χ3v) is 4.72. The Balaban J connectivity index is 1.94. The number of carbonyl (C=O) groups is 3. The molecular formula is C21H22Cl2N4O6. The van der Waals surface area contributed by atoms with E-state index < -0.39 is 17.7 Å². The highest BCUT2D eigenvalue weighted by Gasteiger charge is 2.18. The molecule has 33 heavy (non-hydrogen) atoms. The maximum atomic E-state index is 12.2. The van der Waals surface area contributed by atoms with Crippen LogP contribution >= 0.6 is 23.2 Å². The fourth-order valence-corrected chi connectivity index (χ4v) is 3.04. The van der Waals surface area contributed by atoms with Gasteiger partial charge in [0, 0.05) is 23.5 Å². The topological polar surface area (TPSA) is 127 Å². The molecule has 0 aliphatic heterocycles. The summed E-state index contributed by atoms with van der Waals surface area (Å²) in [5.41, 5.74) is 3.00.